The Morgan fingerprint density at radius 1 is 0.931 bits per heavy atom. The normalized spacial score (nSPS) is 10.6. The molecule has 0 unspecified atom stereocenters. The maximum atomic E-state index is 13.2. The third kappa shape index (κ3) is 3.73. The van der Waals surface area contributed by atoms with Crippen LogP contribution in [0.1, 0.15) is 31.1 Å². The van der Waals surface area contributed by atoms with Gasteiger partial charge >= 0.3 is 11.9 Å². The highest BCUT2D eigenvalue weighted by molar-refractivity contribution is 6.06. The number of phenolic OH excluding ortho intramolecular Hbond substituents is 1. The van der Waals surface area contributed by atoms with Crippen molar-refractivity contribution in [2.45, 2.75) is 20.8 Å². The van der Waals surface area contributed by atoms with Gasteiger partial charge < -0.3 is 19.0 Å². The van der Waals surface area contributed by atoms with Crippen LogP contribution in [0.5, 0.6) is 17.2 Å². The molecule has 0 aliphatic carbocycles. The molecule has 8 nitrogen and oxygen atoms in total. The van der Waals surface area contributed by atoms with Crippen LogP contribution >= 0.6 is 0 Å². The maximum absolute atomic E-state index is 13.2. The molecule has 8 heteroatoms. The fourth-order valence-electron chi connectivity index (χ4n) is 2.89. The molecule has 1 N–H and O–H groups in total. The van der Waals surface area contributed by atoms with E-state index in [0.29, 0.717) is 5.56 Å². The third-order valence-corrected chi connectivity index (χ3v) is 3.96. The number of fused-ring (bicyclic) bond motifs is 1. The number of ketones is 1. The average Bonchev–Trinajstić information content (AvgIpc) is 2.63. The molecule has 0 saturated carbocycles. The molecule has 0 saturated heterocycles. The topological polar surface area (TPSA) is 120 Å². The number of hydrogen-bond acceptors (Lipinski definition) is 8. The molecule has 1 heterocycles. The van der Waals surface area contributed by atoms with Gasteiger partial charge in [-0.25, -0.2) is 0 Å². The molecule has 3 rings (SSSR count). The molecule has 29 heavy (non-hydrogen) atoms. The van der Waals surface area contributed by atoms with Crippen molar-refractivity contribution < 1.29 is 33.4 Å². The number of aromatic hydroxyl groups is 1. The number of carbonyl (C=O) groups is 3. The Bertz CT molecular complexity index is 1210. The van der Waals surface area contributed by atoms with E-state index < -0.39 is 40.4 Å². The maximum Gasteiger partial charge on any atom is 0.308 e. The van der Waals surface area contributed by atoms with E-state index >= 15 is 0 Å². The molecule has 0 aliphatic rings. The van der Waals surface area contributed by atoms with Gasteiger partial charge in [0.05, 0.1) is 0 Å². The summed E-state index contributed by atoms with van der Waals surface area (Å²) < 4.78 is 15.9. The quantitative estimate of drug-likeness (QED) is 0.405. The van der Waals surface area contributed by atoms with E-state index in [0.717, 1.165) is 26.8 Å². The third-order valence-electron chi connectivity index (χ3n) is 3.96. The van der Waals surface area contributed by atoms with Crippen molar-refractivity contribution in [1.82, 2.24) is 0 Å². The summed E-state index contributed by atoms with van der Waals surface area (Å²) in [5.41, 5.74) is -0.907. The van der Waals surface area contributed by atoms with E-state index in [4.69, 9.17) is 13.9 Å². The molecule has 1 aromatic heterocycles. The highest BCUT2D eigenvalue weighted by Crippen LogP contribution is 2.39. The lowest BCUT2D eigenvalue weighted by Crippen LogP contribution is -2.16. The Labute approximate surface area is 164 Å². The number of rotatable bonds is 4. The van der Waals surface area contributed by atoms with Crippen molar-refractivity contribution >= 4 is 28.7 Å². The van der Waals surface area contributed by atoms with Crippen LogP contribution in [0.25, 0.3) is 22.3 Å². The van der Waals surface area contributed by atoms with Crippen LogP contribution in [0.4, 0.5) is 0 Å². The van der Waals surface area contributed by atoms with E-state index in [2.05, 4.69) is 0 Å². The number of hydrogen-bond donors (Lipinski definition) is 1. The lowest BCUT2D eigenvalue weighted by atomic mass is 10.0. The van der Waals surface area contributed by atoms with Gasteiger partial charge in [-0.1, -0.05) is 30.3 Å². The Morgan fingerprint density at radius 2 is 1.52 bits per heavy atom. The Kier molecular flexibility index (Phi) is 5.18. The zero-order valence-corrected chi connectivity index (χ0v) is 15.8. The van der Waals surface area contributed by atoms with Gasteiger partial charge in [0, 0.05) is 25.5 Å². The molecular weight excluding hydrogens is 380 g/mol. The molecule has 2 aromatic carbocycles. The molecule has 0 amide bonds. The van der Waals surface area contributed by atoms with Crippen LogP contribution in [0.3, 0.4) is 0 Å². The second-order valence-corrected chi connectivity index (χ2v) is 6.17. The zero-order chi connectivity index (χ0) is 21.3. The minimum atomic E-state index is -0.834. The van der Waals surface area contributed by atoms with Gasteiger partial charge in [-0.05, 0) is 6.92 Å². The first-order chi connectivity index (χ1) is 13.7. The number of esters is 2. The molecule has 0 spiro atoms. The first-order valence-electron chi connectivity index (χ1n) is 8.50. The van der Waals surface area contributed by atoms with E-state index in [1.54, 1.807) is 30.3 Å². The first-order valence-corrected chi connectivity index (χ1v) is 8.50. The molecule has 0 atom stereocenters. The van der Waals surface area contributed by atoms with Crippen LogP contribution in [0.2, 0.25) is 0 Å². The summed E-state index contributed by atoms with van der Waals surface area (Å²) in [6, 6.07) is 9.47. The average molecular weight is 396 g/mol. The van der Waals surface area contributed by atoms with Crippen LogP contribution in [-0.2, 0) is 9.59 Å². The van der Waals surface area contributed by atoms with Crippen LogP contribution in [0, 0.1) is 0 Å². The van der Waals surface area contributed by atoms with Gasteiger partial charge in [-0.15, -0.1) is 0 Å². The standard InChI is InChI=1S/C21H16O8/c1-10(22)16-14(25)9-15-17(20(16)27-11(2)23)18(26)21(28-12(3)24)19(29-15)13-7-5-4-6-8-13/h4-9,25H,1-3H3. The van der Waals surface area contributed by atoms with E-state index in [1.807, 2.05) is 0 Å². The number of phenols is 1. The summed E-state index contributed by atoms with van der Waals surface area (Å²) >= 11 is 0. The van der Waals surface area contributed by atoms with Crippen molar-refractivity contribution in [2.75, 3.05) is 0 Å². The largest absolute Gasteiger partial charge is 0.507 e. The molecule has 0 radical (unpaired) electrons. The molecular formula is C21H16O8. The van der Waals surface area contributed by atoms with Gasteiger partial charge in [-0.3, -0.25) is 19.2 Å². The van der Waals surface area contributed by atoms with E-state index in [-0.39, 0.29) is 22.3 Å². The number of carbonyl (C=O) groups excluding carboxylic acids is 3. The van der Waals surface area contributed by atoms with Gasteiger partial charge in [0.1, 0.15) is 22.3 Å². The summed E-state index contributed by atoms with van der Waals surface area (Å²) in [7, 11) is 0. The van der Waals surface area contributed by atoms with Crippen molar-refractivity contribution in [3.63, 3.8) is 0 Å². The molecule has 148 valence electrons. The monoisotopic (exact) mass is 396 g/mol. The Hall–Kier alpha value is -3.94. The van der Waals surface area contributed by atoms with Crippen molar-refractivity contribution in [3.05, 3.63) is 52.2 Å². The van der Waals surface area contributed by atoms with E-state index in [1.165, 1.54) is 0 Å². The summed E-state index contributed by atoms with van der Waals surface area (Å²) in [4.78, 5) is 48.4. The second kappa shape index (κ2) is 7.59. The summed E-state index contributed by atoms with van der Waals surface area (Å²) in [5, 5.41) is 9.97. The predicted molar refractivity (Wildman–Crippen MR) is 102 cm³/mol. The first kappa shape index (κ1) is 19.8. The highest BCUT2D eigenvalue weighted by Gasteiger charge is 2.27. The Balaban J connectivity index is 2.50. The van der Waals surface area contributed by atoms with Crippen LogP contribution < -0.4 is 14.9 Å². The van der Waals surface area contributed by atoms with Crippen molar-refractivity contribution in [1.29, 1.82) is 0 Å². The summed E-state index contributed by atoms with van der Waals surface area (Å²) in [6.45, 7) is 3.33. The van der Waals surface area contributed by atoms with Crippen LogP contribution in [0.15, 0.2) is 45.6 Å². The molecule has 0 aliphatic heterocycles. The van der Waals surface area contributed by atoms with Gasteiger partial charge in [0.2, 0.25) is 11.2 Å². The number of Topliss-reactive ketones (excluding diaryl/α,β-unsaturated/α-hetero) is 1. The predicted octanol–water partition coefficient (Wildman–Crippen LogP) is 3.22. The summed E-state index contributed by atoms with van der Waals surface area (Å²) in [6.07, 6.45) is 0. The van der Waals surface area contributed by atoms with Crippen LogP contribution in [-0.4, -0.2) is 22.8 Å². The Morgan fingerprint density at radius 3 is 2.07 bits per heavy atom. The molecule has 0 bridgehead atoms. The smallest absolute Gasteiger partial charge is 0.308 e. The zero-order valence-electron chi connectivity index (χ0n) is 15.8. The lowest BCUT2D eigenvalue weighted by Gasteiger charge is -2.14. The minimum Gasteiger partial charge on any atom is -0.507 e. The fraction of sp³-hybridized carbons (Fsp3) is 0.143. The highest BCUT2D eigenvalue weighted by atomic mass is 16.5. The van der Waals surface area contributed by atoms with Crippen molar-refractivity contribution in [3.8, 4) is 28.6 Å². The number of ether oxygens (including phenoxy) is 2. The van der Waals surface area contributed by atoms with Gasteiger partial charge in [-0.2, -0.15) is 0 Å². The van der Waals surface area contributed by atoms with Gasteiger partial charge in [0.15, 0.2) is 17.3 Å². The second-order valence-electron chi connectivity index (χ2n) is 6.17. The van der Waals surface area contributed by atoms with Crippen molar-refractivity contribution in [2.24, 2.45) is 0 Å². The van der Waals surface area contributed by atoms with E-state index in [9.17, 15) is 24.3 Å². The summed E-state index contributed by atoms with van der Waals surface area (Å²) in [5.74, 6) is -3.69. The molecule has 0 fully saturated rings. The minimum absolute atomic E-state index is 0.0537. The van der Waals surface area contributed by atoms with Gasteiger partial charge in [0.25, 0.3) is 0 Å². The number of benzene rings is 2. The fourth-order valence-corrected chi connectivity index (χ4v) is 2.89. The SMILES string of the molecule is CC(=O)Oc1c(-c2ccccc2)oc2cc(O)c(C(C)=O)c(OC(C)=O)c2c1=O. The molecule has 3 aromatic rings. The lowest BCUT2D eigenvalue weighted by molar-refractivity contribution is -0.133.